The molecule has 1 amide bonds. The summed E-state index contributed by atoms with van der Waals surface area (Å²) in [7, 11) is 1.81. The summed E-state index contributed by atoms with van der Waals surface area (Å²) in [6, 6.07) is 17.6. The van der Waals surface area contributed by atoms with Gasteiger partial charge in [0.15, 0.2) is 0 Å². The van der Waals surface area contributed by atoms with Crippen molar-refractivity contribution in [1.82, 2.24) is 10.0 Å². The second kappa shape index (κ2) is 6.69. The first-order valence-electron chi connectivity index (χ1n) is 9.43. The third kappa shape index (κ3) is 2.63. The molecule has 140 valence electrons. The molecule has 3 heterocycles. The molecule has 0 saturated heterocycles. The van der Waals surface area contributed by atoms with Gasteiger partial charge in [0.05, 0.1) is 11.4 Å². The van der Waals surface area contributed by atoms with Crippen LogP contribution >= 0.6 is 0 Å². The lowest BCUT2D eigenvalue weighted by Gasteiger charge is -2.36. The lowest BCUT2D eigenvalue weighted by Crippen LogP contribution is -2.53. The van der Waals surface area contributed by atoms with Crippen molar-refractivity contribution in [2.75, 3.05) is 25.1 Å². The van der Waals surface area contributed by atoms with E-state index in [1.165, 1.54) is 0 Å². The minimum atomic E-state index is -0.397. The topological polar surface area (TPSA) is 36.0 Å². The Morgan fingerprint density at radius 1 is 1.04 bits per heavy atom. The molecular weight excluding hydrogens is 350 g/mol. The average molecular weight is 371 g/mol. The van der Waals surface area contributed by atoms with Crippen molar-refractivity contribution in [2.24, 2.45) is 0 Å². The van der Waals surface area contributed by atoms with Crippen molar-refractivity contribution in [3.63, 3.8) is 0 Å². The minimum Gasteiger partial charge on any atom is -0.489 e. The first kappa shape index (κ1) is 16.8. The maximum Gasteiger partial charge on any atom is 0.249 e. The van der Waals surface area contributed by atoms with E-state index in [1.54, 1.807) is 4.90 Å². The number of anilines is 1. The van der Waals surface area contributed by atoms with E-state index in [1.807, 2.05) is 61.8 Å². The van der Waals surface area contributed by atoms with Crippen LogP contribution in [0.15, 0.2) is 84.7 Å². The molecule has 0 radical (unpaired) electrons. The van der Waals surface area contributed by atoms with Gasteiger partial charge in [-0.25, -0.2) is 0 Å². The summed E-state index contributed by atoms with van der Waals surface area (Å²) in [4.78, 5) is 14.9. The van der Waals surface area contributed by atoms with Gasteiger partial charge >= 0.3 is 0 Å². The van der Waals surface area contributed by atoms with E-state index < -0.39 is 6.04 Å². The summed E-state index contributed by atoms with van der Waals surface area (Å²) in [5, 5.41) is 4.16. The van der Waals surface area contributed by atoms with Gasteiger partial charge in [-0.15, -0.1) is 0 Å². The van der Waals surface area contributed by atoms with E-state index in [9.17, 15) is 4.79 Å². The molecule has 2 aromatic carbocycles. The number of hydrogen-bond acceptors (Lipinski definition) is 4. The fraction of sp³-hybridized carbons (Fsp3) is 0.174. The number of amides is 1. The summed E-state index contributed by atoms with van der Waals surface area (Å²) in [5.41, 5.74) is 4.23. The van der Waals surface area contributed by atoms with Crippen LogP contribution in [0.25, 0.3) is 5.57 Å². The molecule has 0 spiro atoms. The van der Waals surface area contributed by atoms with Crippen molar-refractivity contribution >= 4 is 17.2 Å². The molecule has 1 atom stereocenters. The molecule has 5 nitrogen and oxygen atoms in total. The molecule has 0 bridgehead atoms. The number of benzene rings is 2. The van der Waals surface area contributed by atoms with Crippen LogP contribution in [0.4, 0.5) is 5.69 Å². The van der Waals surface area contributed by atoms with Gasteiger partial charge in [0, 0.05) is 25.4 Å². The first-order chi connectivity index (χ1) is 13.7. The molecule has 5 heteroatoms. The van der Waals surface area contributed by atoms with Crippen LogP contribution < -0.4 is 9.64 Å². The number of hydrazine groups is 1. The Labute approximate surface area is 164 Å². The zero-order chi connectivity index (χ0) is 19.1. The van der Waals surface area contributed by atoms with Crippen LogP contribution in [0.2, 0.25) is 0 Å². The zero-order valence-corrected chi connectivity index (χ0v) is 15.7. The average Bonchev–Trinajstić information content (AvgIpc) is 3.13. The molecule has 28 heavy (non-hydrogen) atoms. The largest absolute Gasteiger partial charge is 0.489 e. The molecule has 0 aliphatic carbocycles. The summed E-state index contributed by atoms with van der Waals surface area (Å²) >= 11 is 0. The first-order valence-corrected chi connectivity index (χ1v) is 9.43. The van der Waals surface area contributed by atoms with E-state index in [2.05, 4.69) is 34.3 Å². The van der Waals surface area contributed by atoms with Gasteiger partial charge in [0.25, 0.3) is 0 Å². The second-order valence-corrected chi connectivity index (χ2v) is 7.04. The van der Waals surface area contributed by atoms with Crippen molar-refractivity contribution in [1.29, 1.82) is 0 Å². The Kier molecular flexibility index (Phi) is 4.02. The molecule has 5 rings (SSSR count). The standard InChI is InChI=1S/C23H21N3O2/c1-24-20-11-5-6-12-22(20)28-16-21(23(24)27)26-15-13-19-18(10-7-14-25(19)26)17-8-3-2-4-9-17/h2-14,21H,15-16H2,1H3/t21-/m0/s1. The smallest absolute Gasteiger partial charge is 0.249 e. The Balaban J connectivity index is 1.43. The lowest BCUT2D eigenvalue weighted by molar-refractivity contribution is -0.128. The van der Waals surface area contributed by atoms with Gasteiger partial charge in [-0.2, -0.15) is 5.01 Å². The molecule has 3 aliphatic rings. The highest BCUT2D eigenvalue weighted by atomic mass is 16.5. The fourth-order valence-electron chi connectivity index (χ4n) is 4.00. The predicted molar refractivity (Wildman–Crippen MR) is 109 cm³/mol. The highest BCUT2D eigenvalue weighted by molar-refractivity contribution is 5.99. The number of fused-ring (bicyclic) bond motifs is 2. The molecule has 0 saturated carbocycles. The second-order valence-electron chi connectivity index (χ2n) is 7.04. The fourth-order valence-corrected chi connectivity index (χ4v) is 4.00. The number of para-hydroxylation sites is 2. The number of carbonyl (C=O) groups excluding carboxylic acids is 1. The summed E-state index contributed by atoms with van der Waals surface area (Å²) in [6.45, 7) is 0.976. The molecule has 0 unspecified atom stereocenters. The van der Waals surface area contributed by atoms with Gasteiger partial charge < -0.3 is 9.64 Å². The van der Waals surface area contributed by atoms with Crippen molar-refractivity contribution < 1.29 is 9.53 Å². The Hall–Kier alpha value is -3.31. The predicted octanol–water partition coefficient (Wildman–Crippen LogP) is 3.44. The van der Waals surface area contributed by atoms with E-state index in [-0.39, 0.29) is 5.91 Å². The molecule has 3 aliphatic heterocycles. The lowest BCUT2D eigenvalue weighted by atomic mass is 10.0. The number of ether oxygens (including phenoxy) is 1. The number of likely N-dealkylation sites (N-methyl/N-ethyl adjacent to an activating group) is 1. The van der Waals surface area contributed by atoms with Crippen LogP contribution in [0.1, 0.15) is 5.56 Å². The molecular formula is C23H21N3O2. The quantitative estimate of drug-likeness (QED) is 0.810. The molecule has 0 N–H and O–H groups in total. The van der Waals surface area contributed by atoms with Crippen molar-refractivity contribution in [3.05, 3.63) is 90.3 Å². The van der Waals surface area contributed by atoms with Crippen molar-refractivity contribution in [2.45, 2.75) is 6.04 Å². The van der Waals surface area contributed by atoms with Gasteiger partial charge in [0.1, 0.15) is 18.4 Å². The van der Waals surface area contributed by atoms with Gasteiger partial charge in [-0.1, -0.05) is 48.5 Å². The monoisotopic (exact) mass is 371 g/mol. The van der Waals surface area contributed by atoms with Crippen LogP contribution in [0, 0.1) is 0 Å². The summed E-state index contributed by atoms with van der Waals surface area (Å²) in [6.07, 6.45) is 8.33. The van der Waals surface area contributed by atoms with E-state index in [0.29, 0.717) is 13.2 Å². The van der Waals surface area contributed by atoms with Crippen LogP contribution in [0.3, 0.4) is 0 Å². The number of rotatable bonds is 2. The highest BCUT2D eigenvalue weighted by Gasteiger charge is 2.39. The third-order valence-electron chi connectivity index (χ3n) is 5.44. The normalized spacial score (nSPS) is 21.5. The number of nitrogens with zero attached hydrogens (tertiary/aromatic N) is 3. The number of carbonyl (C=O) groups is 1. The van der Waals surface area contributed by atoms with Gasteiger partial charge in [-0.05, 0) is 29.8 Å². The number of hydrogen-bond donors (Lipinski definition) is 0. The van der Waals surface area contributed by atoms with E-state index in [4.69, 9.17) is 4.74 Å². The Bertz CT molecular complexity index is 1010. The maximum atomic E-state index is 13.2. The van der Waals surface area contributed by atoms with Crippen molar-refractivity contribution in [3.8, 4) is 5.75 Å². The summed E-state index contributed by atoms with van der Waals surface area (Å²) in [5.74, 6) is 0.774. The number of allylic oxidation sites excluding steroid dienone is 3. The zero-order valence-electron chi connectivity index (χ0n) is 15.7. The third-order valence-corrected chi connectivity index (χ3v) is 5.44. The van der Waals surface area contributed by atoms with Crippen LogP contribution in [-0.4, -0.2) is 42.2 Å². The maximum absolute atomic E-state index is 13.2. The van der Waals surface area contributed by atoms with Crippen LogP contribution in [-0.2, 0) is 4.79 Å². The Morgan fingerprint density at radius 2 is 1.82 bits per heavy atom. The van der Waals surface area contributed by atoms with E-state index >= 15 is 0 Å². The highest BCUT2D eigenvalue weighted by Crippen LogP contribution is 2.37. The molecule has 0 fully saturated rings. The van der Waals surface area contributed by atoms with Crippen LogP contribution in [0.5, 0.6) is 5.75 Å². The molecule has 2 aromatic rings. The van der Waals surface area contributed by atoms with Gasteiger partial charge in [-0.3, -0.25) is 9.80 Å². The van der Waals surface area contributed by atoms with Gasteiger partial charge in [0.2, 0.25) is 5.91 Å². The Morgan fingerprint density at radius 3 is 2.68 bits per heavy atom. The molecule has 0 aromatic heterocycles. The minimum absolute atomic E-state index is 0.0313. The summed E-state index contributed by atoms with van der Waals surface area (Å²) < 4.78 is 6.01. The SMILES string of the molecule is CN1C(=O)[C@@H](N2CC=C3C(c4ccccc4)=CC=CN32)COc2ccccc21. The van der Waals surface area contributed by atoms with E-state index in [0.717, 1.165) is 28.3 Å².